The van der Waals surface area contributed by atoms with Gasteiger partial charge in [0.25, 0.3) is 5.56 Å². The van der Waals surface area contributed by atoms with E-state index in [0.29, 0.717) is 24.1 Å². The third kappa shape index (κ3) is 4.70. The first-order valence-corrected chi connectivity index (χ1v) is 10.2. The Bertz CT molecular complexity index is 1160. The fourth-order valence-corrected chi connectivity index (χ4v) is 3.71. The Balaban J connectivity index is 1.45. The van der Waals surface area contributed by atoms with Crippen LogP contribution in [0.3, 0.4) is 0 Å². The number of hydrogen-bond acceptors (Lipinski definition) is 7. The number of aromatic amines is 1. The van der Waals surface area contributed by atoms with Gasteiger partial charge in [-0.25, -0.2) is 10.4 Å². The highest BCUT2D eigenvalue weighted by Crippen LogP contribution is 2.35. The summed E-state index contributed by atoms with van der Waals surface area (Å²) < 4.78 is 5.01. The van der Waals surface area contributed by atoms with Gasteiger partial charge in [0, 0.05) is 31.6 Å². The van der Waals surface area contributed by atoms with E-state index in [4.69, 9.17) is 16.3 Å². The topological polar surface area (TPSA) is 103 Å². The highest BCUT2D eigenvalue weighted by Gasteiger charge is 2.21. The Labute approximate surface area is 184 Å². The third-order valence-corrected chi connectivity index (χ3v) is 5.50. The number of anilines is 1. The van der Waals surface area contributed by atoms with Crippen LogP contribution in [0.4, 0.5) is 5.95 Å². The number of H-pyrrole nitrogens is 1. The minimum atomic E-state index is -0.180. The second-order valence-electron chi connectivity index (χ2n) is 7.18. The molecule has 9 heteroatoms. The fourth-order valence-electron chi connectivity index (χ4n) is 3.50. The second-order valence-corrected chi connectivity index (χ2v) is 7.55. The number of nitrogens with zero attached hydrogens (tertiary/aromatic N) is 3. The molecule has 0 fully saturated rings. The van der Waals surface area contributed by atoms with E-state index < -0.39 is 0 Å². The molecule has 0 unspecified atom stereocenters. The molecule has 1 aliphatic rings. The van der Waals surface area contributed by atoms with Crippen molar-refractivity contribution in [2.75, 3.05) is 19.1 Å². The monoisotopic (exact) mass is 439 g/mol. The predicted octanol–water partition coefficient (Wildman–Crippen LogP) is 3.14. The Kier molecular flexibility index (Phi) is 6.20. The first-order chi connectivity index (χ1) is 15.0. The molecular formula is C22H22ClN5O3. The highest BCUT2D eigenvalue weighted by atomic mass is 35.5. The summed E-state index contributed by atoms with van der Waals surface area (Å²) in [6.45, 7) is 2.16. The van der Waals surface area contributed by atoms with Crippen molar-refractivity contribution in [3.05, 3.63) is 80.2 Å². The van der Waals surface area contributed by atoms with Gasteiger partial charge >= 0.3 is 0 Å². The van der Waals surface area contributed by atoms with Gasteiger partial charge in [-0.2, -0.15) is 5.10 Å². The molecule has 1 aromatic heterocycles. The van der Waals surface area contributed by atoms with Crippen LogP contribution in [0.1, 0.15) is 22.4 Å². The molecule has 2 heterocycles. The van der Waals surface area contributed by atoms with Crippen LogP contribution in [0.2, 0.25) is 5.02 Å². The van der Waals surface area contributed by atoms with Crippen molar-refractivity contribution in [1.82, 2.24) is 14.9 Å². The maximum atomic E-state index is 12.6. The molecular weight excluding hydrogens is 418 g/mol. The van der Waals surface area contributed by atoms with Gasteiger partial charge in [0.05, 0.1) is 29.6 Å². The molecule has 0 bridgehead atoms. The van der Waals surface area contributed by atoms with E-state index in [2.05, 4.69) is 37.5 Å². The number of benzene rings is 2. The number of hydrazone groups is 1. The lowest BCUT2D eigenvalue weighted by Gasteiger charge is -2.27. The van der Waals surface area contributed by atoms with Gasteiger partial charge in [-0.1, -0.05) is 41.9 Å². The van der Waals surface area contributed by atoms with Crippen LogP contribution in [0.15, 0.2) is 52.4 Å². The summed E-state index contributed by atoms with van der Waals surface area (Å²) in [4.78, 5) is 22.1. The van der Waals surface area contributed by atoms with Crippen LogP contribution in [-0.4, -0.2) is 39.8 Å². The Morgan fingerprint density at radius 2 is 2.13 bits per heavy atom. The van der Waals surface area contributed by atoms with E-state index in [9.17, 15) is 9.90 Å². The lowest BCUT2D eigenvalue weighted by Crippen LogP contribution is -2.35. The van der Waals surface area contributed by atoms with Crippen molar-refractivity contribution in [1.29, 1.82) is 0 Å². The van der Waals surface area contributed by atoms with Crippen molar-refractivity contribution in [3.63, 3.8) is 0 Å². The van der Waals surface area contributed by atoms with Crippen LogP contribution in [0.5, 0.6) is 11.5 Å². The molecule has 2 aromatic carbocycles. The van der Waals surface area contributed by atoms with Gasteiger partial charge in [-0.3, -0.25) is 14.7 Å². The first-order valence-electron chi connectivity index (χ1n) is 9.78. The number of phenols is 1. The van der Waals surface area contributed by atoms with E-state index in [-0.39, 0.29) is 28.0 Å². The SMILES string of the molecule is COc1ccc(/C=N\Nc2nc3c(c(=O)[nH]2)CN(Cc2ccccc2)CC3)c(Cl)c1O. The minimum absolute atomic E-state index is 0.121. The molecule has 0 saturated carbocycles. The van der Waals surface area contributed by atoms with E-state index >= 15 is 0 Å². The number of halogens is 1. The lowest BCUT2D eigenvalue weighted by molar-refractivity contribution is 0.242. The van der Waals surface area contributed by atoms with E-state index in [0.717, 1.165) is 18.8 Å². The number of ether oxygens (including phenoxy) is 1. The maximum Gasteiger partial charge on any atom is 0.257 e. The third-order valence-electron chi connectivity index (χ3n) is 5.10. The molecule has 0 radical (unpaired) electrons. The van der Waals surface area contributed by atoms with E-state index in [1.807, 2.05) is 18.2 Å². The van der Waals surface area contributed by atoms with E-state index in [1.165, 1.54) is 18.9 Å². The number of hydrogen-bond donors (Lipinski definition) is 3. The summed E-state index contributed by atoms with van der Waals surface area (Å²) in [5, 5.41) is 14.2. The average Bonchev–Trinajstić information content (AvgIpc) is 2.78. The quantitative estimate of drug-likeness (QED) is 0.403. The number of nitrogens with one attached hydrogen (secondary N) is 2. The largest absolute Gasteiger partial charge is 0.503 e. The highest BCUT2D eigenvalue weighted by molar-refractivity contribution is 6.34. The van der Waals surface area contributed by atoms with Gasteiger partial charge in [-0.15, -0.1) is 0 Å². The number of fused-ring (bicyclic) bond motifs is 1. The average molecular weight is 440 g/mol. The lowest BCUT2D eigenvalue weighted by atomic mass is 10.1. The zero-order valence-corrected chi connectivity index (χ0v) is 17.7. The number of methoxy groups -OCH3 is 1. The standard InChI is InChI=1S/C22H22ClN5O3/c1-31-18-8-7-15(19(23)20(18)29)11-24-27-22-25-17-9-10-28(13-16(17)21(30)26-22)12-14-5-3-2-4-6-14/h2-8,11,29H,9-10,12-13H2,1H3,(H2,25,26,27,30)/b24-11-. The maximum absolute atomic E-state index is 12.6. The molecule has 8 nitrogen and oxygen atoms in total. The molecule has 0 amide bonds. The van der Waals surface area contributed by atoms with Crippen LogP contribution in [0, 0.1) is 0 Å². The molecule has 1 aliphatic heterocycles. The van der Waals surface area contributed by atoms with Crippen molar-refractivity contribution < 1.29 is 9.84 Å². The van der Waals surface area contributed by atoms with Crippen molar-refractivity contribution in [2.24, 2.45) is 5.10 Å². The second kappa shape index (κ2) is 9.20. The summed E-state index contributed by atoms with van der Waals surface area (Å²) in [6, 6.07) is 13.4. The molecule has 0 saturated heterocycles. The van der Waals surface area contributed by atoms with Crippen molar-refractivity contribution >= 4 is 23.8 Å². The molecule has 3 aromatic rings. The first kappa shape index (κ1) is 20.9. The number of aromatic hydroxyl groups is 1. The van der Waals surface area contributed by atoms with Gasteiger partial charge in [0.1, 0.15) is 0 Å². The molecule has 0 atom stereocenters. The van der Waals surface area contributed by atoms with Crippen LogP contribution in [0.25, 0.3) is 0 Å². The van der Waals surface area contributed by atoms with Gasteiger partial charge in [-0.05, 0) is 17.7 Å². The number of phenolic OH excluding ortho intramolecular Hbond substituents is 1. The Morgan fingerprint density at radius 3 is 2.90 bits per heavy atom. The number of aromatic nitrogens is 2. The Morgan fingerprint density at radius 1 is 1.32 bits per heavy atom. The molecule has 0 spiro atoms. The normalized spacial score (nSPS) is 13.9. The zero-order valence-electron chi connectivity index (χ0n) is 16.9. The van der Waals surface area contributed by atoms with Crippen LogP contribution >= 0.6 is 11.6 Å². The number of rotatable bonds is 6. The summed E-state index contributed by atoms with van der Waals surface area (Å²) in [7, 11) is 1.44. The van der Waals surface area contributed by atoms with Crippen LogP contribution in [-0.2, 0) is 19.5 Å². The summed E-state index contributed by atoms with van der Waals surface area (Å²) in [5.74, 6) is 0.371. The van der Waals surface area contributed by atoms with Crippen molar-refractivity contribution in [3.8, 4) is 11.5 Å². The Hall–Kier alpha value is -3.36. The predicted molar refractivity (Wildman–Crippen MR) is 120 cm³/mol. The molecule has 0 aliphatic carbocycles. The smallest absolute Gasteiger partial charge is 0.257 e. The summed E-state index contributed by atoms with van der Waals surface area (Å²) in [6.07, 6.45) is 2.12. The molecule has 160 valence electrons. The summed E-state index contributed by atoms with van der Waals surface area (Å²) >= 11 is 6.12. The minimum Gasteiger partial charge on any atom is -0.503 e. The molecule has 4 rings (SSSR count). The van der Waals surface area contributed by atoms with Gasteiger partial charge in [0.15, 0.2) is 11.5 Å². The fraction of sp³-hybridized carbons (Fsp3) is 0.227. The zero-order chi connectivity index (χ0) is 21.8. The van der Waals surface area contributed by atoms with E-state index in [1.54, 1.807) is 12.1 Å². The van der Waals surface area contributed by atoms with Crippen LogP contribution < -0.4 is 15.7 Å². The summed E-state index contributed by atoms with van der Waals surface area (Å²) in [5.41, 5.74) is 5.70. The van der Waals surface area contributed by atoms with Gasteiger partial charge < -0.3 is 9.84 Å². The molecule has 3 N–H and O–H groups in total. The van der Waals surface area contributed by atoms with Crippen molar-refractivity contribution in [2.45, 2.75) is 19.5 Å². The molecule has 31 heavy (non-hydrogen) atoms. The van der Waals surface area contributed by atoms with Gasteiger partial charge in [0.2, 0.25) is 5.95 Å².